The summed E-state index contributed by atoms with van der Waals surface area (Å²) in [5, 5.41) is 3.84. The minimum atomic E-state index is -0.168. The molecular weight excluding hydrogens is 408 g/mol. The number of thiophene rings is 1. The summed E-state index contributed by atoms with van der Waals surface area (Å²) < 4.78 is 0. The number of rotatable bonds is 4. The predicted molar refractivity (Wildman–Crippen MR) is 125 cm³/mol. The van der Waals surface area contributed by atoms with Crippen LogP contribution in [-0.4, -0.2) is 47.0 Å². The second-order valence-electron chi connectivity index (χ2n) is 7.41. The van der Waals surface area contributed by atoms with Gasteiger partial charge in [0.05, 0.1) is 10.3 Å². The minimum absolute atomic E-state index is 0.168. The first-order valence-corrected chi connectivity index (χ1v) is 11.0. The Bertz CT molecular complexity index is 1200. The Morgan fingerprint density at radius 2 is 1.68 bits per heavy atom. The molecule has 31 heavy (non-hydrogen) atoms. The zero-order valence-electron chi connectivity index (χ0n) is 17.2. The van der Waals surface area contributed by atoms with E-state index in [0.29, 0.717) is 10.7 Å². The molecule has 4 heterocycles. The highest BCUT2D eigenvalue weighted by molar-refractivity contribution is 7.20. The predicted octanol–water partition coefficient (Wildman–Crippen LogP) is 3.97. The molecule has 0 spiro atoms. The van der Waals surface area contributed by atoms with Crippen LogP contribution in [0.4, 0.5) is 17.3 Å². The molecule has 4 aromatic rings. The number of anilines is 3. The van der Waals surface area contributed by atoms with E-state index in [0.717, 1.165) is 47.8 Å². The van der Waals surface area contributed by atoms with Crippen molar-refractivity contribution >= 4 is 44.8 Å². The van der Waals surface area contributed by atoms with E-state index < -0.39 is 0 Å². The van der Waals surface area contributed by atoms with Gasteiger partial charge in [0, 0.05) is 38.1 Å². The molecule has 1 aromatic carbocycles. The molecule has 1 N–H and O–H groups in total. The van der Waals surface area contributed by atoms with Crippen LogP contribution in [-0.2, 0) is 0 Å². The van der Waals surface area contributed by atoms with Crippen molar-refractivity contribution in [3.05, 3.63) is 71.5 Å². The number of amides is 1. The quantitative estimate of drug-likeness (QED) is 0.528. The standard InChI is InChI=1S/C23H22N6OS/c1-16-19-21(29-13-11-28(12-14-29)17-7-3-2-4-8-17)25-15-26-23(19)31-20(16)22(30)27-18-9-5-6-10-24-18/h2-10,15H,11-14H2,1H3,(H,24,27,30). The van der Waals surface area contributed by atoms with Crippen LogP contribution >= 0.6 is 11.3 Å². The normalized spacial score (nSPS) is 14.1. The fourth-order valence-electron chi connectivity index (χ4n) is 3.93. The number of hydrogen-bond acceptors (Lipinski definition) is 7. The van der Waals surface area contributed by atoms with Gasteiger partial charge in [-0.15, -0.1) is 11.3 Å². The topological polar surface area (TPSA) is 74.2 Å². The second kappa shape index (κ2) is 8.31. The molecule has 1 saturated heterocycles. The number of nitrogens with one attached hydrogen (secondary N) is 1. The van der Waals surface area contributed by atoms with Crippen LogP contribution in [0.25, 0.3) is 10.2 Å². The Hall–Kier alpha value is -3.52. The Morgan fingerprint density at radius 3 is 2.42 bits per heavy atom. The summed E-state index contributed by atoms with van der Waals surface area (Å²) in [6.45, 7) is 5.55. The van der Waals surface area contributed by atoms with Gasteiger partial charge in [-0.2, -0.15) is 0 Å². The maximum Gasteiger partial charge on any atom is 0.267 e. The highest BCUT2D eigenvalue weighted by atomic mass is 32.1. The third-order valence-electron chi connectivity index (χ3n) is 5.52. The lowest BCUT2D eigenvalue weighted by atomic mass is 10.1. The van der Waals surface area contributed by atoms with E-state index in [1.807, 2.05) is 25.1 Å². The van der Waals surface area contributed by atoms with Crippen molar-refractivity contribution in [2.24, 2.45) is 0 Å². The molecule has 1 aliphatic rings. The van der Waals surface area contributed by atoms with Crippen LogP contribution < -0.4 is 15.1 Å². The van der Waals surface area contributed by atoms with Crippen molar-refractivity contribution in [1.82, 2.24) is 15.0 Å². The van der Waals surface area contributed by atoms with Crippen molar-refractivity contribution in [2.45, 2.75) is 6.92 Å². The average molecular weight is 431 g/mol. The monoisotopic (exact) mass is 430 g/mol. The Kier molecular flexibility index (Phi) is 5.21. The summed E-state index contributed by atoms with van der Waals surface area (Å²) in [5.41, 5.74) is 2.16. The maximum absolute atomic E-state index is 12.9. The van der Waals surface area contributed by atoms with Crippen molar-refractivity contribution in [3.8, 4) is 0 Å². The molecule has 0 bridgehead atoms. The zero-order chi connectivity index (χ0) is 21.2. The number of hydrogen-bond donors (Lipinski definition) is 1. The van der Waals surface area contributed by atoms with Crippen molar-refractivity contribution in [1.29, 1.82) is 0 Å². The third-order valence-corrected chi connectivity index (χ3v) is 6.72. The summed E-state index contributed by atoms with van der Waals surface area (Å²) in [7, 11) is 0. The SMILES string of the molecule is Cc1c(C(=O)Nc2ccccn2)sc2ncnc(N3CCN(c4ccccc4)CC3)c12. The first-order chi connectivity index (χ1) is 15.2. The number of nitrogens with zero attached hydrogens (tertiary/aromatic N) is 5. The molecule has 0 aliphatic carbocycles. The van der Waals surface area contributed by atoms with Gasteiger partial charge in [0.1, 0.15) is 22.8 Å². The number of aryl methyl sites for hydroxylation is 1. The van der Waals surface area contributed by atoms with Gasteiger partial charge in [-0.1, -0.05) is 24.3 Å². The summed E-state index contributed by atoms with van der Waals surface area (Å²) in [4.78, 5) is 32.3. The van der Waals surface area contributed by atoms with Gasteiger partial charge in [-0.25, -0.2) is 15.0 Å². The Labute approximate surface area is 184 Å². The van der Waals surface area contributed by atoms with E-state index in [4.69, 9.17) is 0 Å². The van der Waals surface area contributed by atoms with Crippen molar-refractivity contribution < 1.29 is 4.79 Å². The van der Waals surface area contributed by atoms with Crippen LogP contribution in [0.1, 0.15) is 15.2 Å². The van der Waals surface area contributed by atoms with E-state index in [1.165, 1.54) is 17.0 Å². The first-order valence-electron chi connectivity index (χ1n) is 10.2. The largest absolute Gasteiger partial charge is 0.368 e. The molecule has 5 rings (SSSR count). The highest BCUT2D eigenvalue weighted by Gasteiger charge is 2.24. The Balaban J connectivity index is 1.40. The molecule has 7 nitrogen and oxygen atoms in total. The van der Waals surface area contributed by atoms with E-state index in [1.54, 1.807) is 18.6 Å². The molecule has 1 aliphatic heterocycles. The molecule has 0 radical (unpaired) electrons. The number of fused-ring (bicyclic) bond motifs is 1. The van der Waals surface area contributed by atoms with E-state index in [9.17, 15) is 4.79 Å². The minimum Gasteiger partial charge on any atom is -0.368 e. The second-order valence-corrected chi connectivity index (χ2v) is 8.41. The van der Waals surface area contributed by atoms with Gasteiger partial charge < -0.3 is 15.1 Å². The van der Waals surface area contributed by atoms with Crippen LogP contribution in [0.2, 0.25) is 0 Å². The smallest absolute Gasteiger partial charge is 0.267 e. The van der Waals surface area contributed by atoms with Crippen molar-refractivity contribution in [3.63, 3.8) is 0 Å². The summed E-state index contributed by atoms with van der Waals surface area (Å²) in [6.07, 6.45) is 3.25. The number of para-hydroxylation sites is 1. The molecule has 0 atom stereocenters. The summed E-state index contributed by atoms with van der Waals surface area (Å²) >= 11 is 1.40. The van der Waals surface area contributed by atoms with Crippen LogP contribution in [0.3, 0.4) is 0 Å². The van der Waals surface area contributed by atoms with Crippen LogP contribution in [0.15, 0.2) is 61.1 Å². The number of piperazine rings is 1. The molecular formula is C23H22N6OS. The highest BCUT2D eigenvalue weighted by Crippen LogP contribution is 2.35. The number of carbonyl (C=O) groups excluding carboxylic acids is 1. The number of benzene rings is 1. The first kappa shape index (κ1) is 19.4. The lowest BCUT2D eigenvalue weighted by Crippen LogP contribution is -2.46. The van der Waals surface area contributed by atoms with Gasteiger partial charge in [-0.3, -0.25) is 4.79 Å². The zero-order valence-corrected chi connectivity index (χ0v) is 18.0. The fraction of sp³-hybridized carbons (Fsp3) is 0.217. The van der Waals surface area contributed by atoms with E-state index in [-0.39, 0.29) is 5.91 Å². The van der Waals surface area contributed by atoms with E-state index in [2.05, 4.69) is 54.3 Å². The number of pyridine rings is 1. The lowest BCUT2D eigenvalue weighted by Gasteiger charge is -2.37. The lowest BCUT2D eigenvalue weighted by molar-refractivity contribution is 0.102. The molecule has 0 saturated carbocycles. The van der Waals surface area contributed by atoms with Crippen LogP contribution in [0.5, 0.6) is 0 Å². The number of carbonyl (C=O) groups is 1. The average Bonchev–Trinajstić information content (AvgIpc) is 3.17. The molecule has 3 aromatic heterocycles. The fourth-order valence-corrected chi connectivity index (χ4v) is 4.97. The Morgan fingerprint density at radius 1 is 0.935 bits per heavy atom. The summed E-state index contributed by atoms with van der Waals surface area (Å²) in [5.74, 6) is 1.27. The summed E-state index contributed by atoms with van der Waals surface area (Å²) in [6, 6.07) is 15.9. The van der Waals surface area contributed by atoms with Gasteiger partial charge in [0.15, 0.2) is 0 Å². The third kappa shape index (κ3) is 3.82. The van der Waals surface area contributed by atoms with Crippen molar-refractivity contribution in [2.75, 3.05) is 41.3 Å². The van der Waals surface area contributed by atoms with Crippen LogP contribution in [0, 0.1) is 6.92 Å². The van der Waals surface area contributed by atoms with Gasteiger partial charge >= 0.3 is 0 Å². The molecule has 1 amide bonds. The molecule has 1 fully saturated rings. The van der Waals surface area contributed by atoms with Gasteiger partial charge in [0.2, 0.25) is 0 Å². The maximum atomic E-state index is 12.9. The molecule has 8 heteroatoms. The van der Waals surface area contributed by atoms with Gasteiger partial charge in [0.25, 0.3) is 5.91 Å². The van der Waals surface area contributed by atoms with Gasteiger partial charge in [-0.05, 0) is 36.8 Å². The molecule has 156 valence electrons. The number of aromatic nitrogens is 3. The molecule has 0 unspecified atom stereocenters. The van der Waals surface area contributed by atoms with E-state index >= 15 is 0 Å².